The molecule has 0 saturated carbocycles. The summed E-state index contributed by atoms with van der Waals surface area (Å²) in [5.74, 6) is -0.0364. The van der Waals surface area contributed by atoms with Crippen molar-refractivity contribution in [3.63, 3.8) is 0 Å². The van der Waals surface area contributed by atoms with E-state index in [1.807, 2.05) is 64.4 Å². The van der Waals surface area contributed by atoms with Gasteiger partial charge in [0, 0.05) is 49.4 Å². The molecule has 0 amide bonds. The number of carbonyl (C=O) groups is 1. The molecule has 12 heteroatoms. The smallest absolute Gasteiger partial charge is 0.248 e. The lowest BCUT2D eigenvalue weighted by atomic mass is 9.66. The summed E-state index contributed by atoms with van der Waals surface area (Å²) in [6.45, 7) is 13.0. The summed E-state index contributed by atoms with van der Waals surface area (Å²) in [6.07, 6.45) is 8.19. The van der Waals surface area contributed by atoms with Gasteiger partial charge < -0.3 is 4.74 Å². The Bertz CT molecular complexity index is 2080. The van der Waals surface area contributed by atoms with Crippen LogP contribution in [-0.4, -0.2) is 61.1 Å². The van der Waals surface area contributed by atoms with Gasteiger partial charge in [-0.05, 0) is 72.7 Å². The summed E-state index contributed by atoms with van der Waals surface area (Å²) in [6, 6.07) is 11.8. The quantitative estimate of drug-likeness (QED) is 0.187. The minimum atomic E-state index is -3.91. The minimum Gasteiger partial charge on any atom is -0.488 e. The Hall–Kier alpha value is -4.55. The highest BCUT2D eigenvalue weighted by Crippen LogP contribution is 2.45. The highest BCUT2D eigenvalue weighted by Gasteiger charge is 2.40. The molecule has 3 aromatic heterocycles. The van der Waals surface area contributed by atoms with E-state index in [9.17, 15) is 13.2 Å². The molecule has 0 N–H and O–H groups in total. The molecule has 11 nitrogen and oxygen atoms in total. The molecular formula is C36H41N7O4S. The highest BCUT2D eigenvalue weighted by atomic mass is 32.2. The van der Waals surface area contributed by atoms with Gasteiger partial charge in [0.15, 0.2) is 0 Å². The predicted octanol–water partition coefficient (Wildman–Crippen LogP) is 5.58. The lowest BCUT2D eigenvalue weighted by molar-refractivity contribution is -0.127. The number of aryl methyl sites for hydroxylation is 3. The van der Waals surface area contributed by atoms with E-state index in [4.69, 9.17) is 4.74 Å². The molecule has 48 heavy (non-hydrogen) atoms. The summed E-state index contributed by atoms with van der Waals surface area (Å²) in [5.41, 5.74) is 6.19. The van der Waals surface area contributed by atoms with Crippen LogP contribution in [0.1, 0.15) is 73.4 Å². The van der Waals surface area contributed by atoms with Crippen molar-refractivity contribution >= 4 is 26.8 Å². The fourth-order valence-corrected chi connectivity index (χ4v) is 8.16. The van der Waals surface area contributed by atoms with Crippen LogP contribution in [-0.2, 0) is 34.3 Å². The number of ether oxygens (including phenoxy) is 1. The number of benzene rings is 2. The maximum atomic E-state index is 14.2. The average molecular weight is 668 g/mol. The first-order chi connectivity index (χ1) is 22.9. The van der Waals surface area contributed by atoms with E-state index >= 15 is 0 Å². The highest BCUT2D eigenvalue weighted by molar-refractivity contribution is 7.89. The van der Waals surface area contributed by atoms with Crippen molar-refractivity contribution in [1.82, 2.24) is 34.3 Å². The molecule has 6 rings (SSSR count). The molecule has 2 atom stereocenters. The number of sulfonamides is 1. The van der Waals surface area contributed by atoms with Crippen LogP contribution in [0.25, 0.3) is 11.0 Å². The molecule has 2 aromatic carbocycles. The summed E-state index contributed by atoms with van der Waals surface area (Å²) >= 11 is 0. The maximum Gasteiger partial charge on any atom is 0.248 e. The summed E-state index contributed by atoms with van der Waals surface area (Å²) in [5, 5.41) is 8.86. The number of pyridine rings is 1. The second-order valence-corrected chi connectivity index (χ2v) is 14.9. The zero-order valence-corrected chi connectivity index (χ0v) is 29.0. The fraction of sp³-hybridized carbons (Fsp3) is 0.389. The van der Waals surface area contributed by atoms with Gasteiger partial charge in [0.25, 0.3) is 0 Å². The number of rotatable bonds is 10. The van der Waals surface area contributed by atoms with Crippen LogP contribution < -0.4 is 4.74 Å². The second-order valence-electron chi connectivity index (χ2n) is 13.0. The van der Waals surface area contributed by atoms with Crippen LogP contribution in [0.5, 0.6) is 5.75 Å². The third-order valence-corrected chi connectivity index (χ3v) is 11.4. The Morgan fingerprint density at radius 1 is 1.04 bits per heavy atom. The molecule has 0 aliphatic carbocycles. The van der Waals surface area contributed by atoms with Crippen molar-refractivity contribution in [2.24, 2.45) is 5.41 Å². The number of Topliss-reactive ketones (excluding diaryl/α,β-unsaturated/α-hetero) is 1. The van der Waals surface area contributed by atoms with Crippen molar-refractivity contribution in [2.75, 3.05) is 6.54 Å². The van der Waals surface area contributed by atoms with Crippen LogP contribution in [0, 0.1) is 19.3 Å². The molecule has 1 aliphatic rings. The Morgan fingerprint density at radius 2 is 1.81 bits per heavy atom. The third kappa shape index (κ3) is 6.10. The molecule has 0 fully saturated rings. The number of hydrogen-bond donors (Lipinski definition) is 0. The summed E-state index contributed by atoms with van der Waals surface area (Å²) in [7, 11) is -3.91. The summed E-state index contributed by atoms with van der Waals surface area (Å²) in [4.78, 5) is 26.6. The third-order valence-electron chi connectivity index (χ3n) is 9.59. The first-order valence-electron chi connectivity index (χ1n) is 16.3. The van der Waals surface area contributed by atoms with Gasteiger partial charge in [-0.1, -0.05) is 50.3 Å². The first kappa shape index (κ1) is 33.4. The van der Waals surface area contributed by atoms with Gasteiger partial charge >= 0.3 is 0 Å². The van der Waals surface area contributed by atoms with Gasteiger partial charge in [-0.3, -0.25) is 9.78 Å². The number of aromatic nitrogens is 6. The number of carbonyl (C=O) groups excluding carboxylic acids is 1. The van der Waals surface area contributed by atoms with E-state index in [-0.39, 0.29) is 42.2 Å². The van der Waals surface area contributed by atoms with Crippen molar-refractivity contribution in [1.29, 1.82) is 0 Å². The van der Waals surface area contributed by atoms with Gasteiger partial charge in [0.1, 0.15) is 34.4 Å². The van der Waals surface area contributed by atoms with Gasteiger partial charge in [-0.25, -0.2) is 23.1 Å². The molecule has 5 aromatic rings. The number of ketones is 1. The minimum absolute atomic E-state index is 0.0308. The van der Waals surface area contributed by atoms with Gasteiger partial charge in [-0.2, -0.15) is 4.31 Å². The molecular weight excluding hydrogens is 627 g/mol. The number of fused-ring (bicyclic) bond motifs is 2. The molecule has 0 unspecified atom stereocenters. The van der Waals surface area contributed by atoms with Crippen LogP contribution in [0.4, 0.5) is 0 Å². The van der Waals surface area contributed by atoms with E-state index < -0.39 is 15.4 Å². The number of hydrogen-bond acceptors (Lipinski definition) is 9. The Balaban J connectivity index is 1.46. The fourth-order valence-electron chi connectivity index (χ4n) is 6.64. The summed E-state index contributed by atoms with van der Waals surface area (Å²) < 4.78 is 37.5. The van der Waals surface area contributed by atoms with Gasteiger partial charge in [0.05, 0.1) is 18.3 Å². The van der Waals surface area contributed by atoms with Crippen molar-refractivity contribution in [3.8, 4) is 5.75 Å². The average Bonchev–Trinajstić information content (AvgIpc) is 3.46. The molecule has 0 radical (unpaired) electrons. The predicted molar refractivity (Wildman–Crippen MR) is 182 cm³/mol. The van der Waals surface area contributed by atoms with E-state index in [1.54, 1.807) is 24.7 Å². The Labute approximate surface area is 281 Å². The zero-order valence-electron chi connectivity index (χ0n) is 28.2. The Kier molecular flexibility index (Phi) is 9.14. The van der Waals surface area contributed by atoms with Gasteiger partial charge in [0.2, 0.25) is 10.0 Å². The molecule has 0 bridgehead atoms. The van der Waals surface area contributed by atoms with Crippen molar-refractivity contribution < 1.29 is 17.9 Å². The molecule has 0 saturated heterocycles. The molecule has 0 spiro atoms. The largest absolute Gasteiger partial charge is 0.488 e. The van der Waals surface area contributed by atoms with Crippen LogP contribution in [0.2, 0.25) is 0 Å². The van der Waals surface area contributed by atoms with E-state index in [2.05, 4.69) is 37.4 Å². The zero-order chi connectivity index (χ0) is 34.2. The Morgan fingerprint density at radius 3 is 2.54 bits per heavy atom. The SMILES string of the molecule is CC[C@@H]1CN(Cc2cc([C@@H](c3ccc4c(nnn4CC)c3C)C(C)(C)C(=O)Cc3cncnc3)ccc2C)S(=O)(=O)c2cnccc2O1. The standard InChI is InChI=1S/C36H41N7O4S/c1-7-28-21-42(48(45,46)32-19-37-14-13-31(32)47-28)20-27-16-26(10-9-23(27)3)34(36(5,6)33(44)15-25-17-38-22-39-18-25)29-11-12-30-35(24(29)4)40-41-43(30)8-2/h9-14,16-19,22,28,34H,7-8,15,20-21H2,1-6H3/t28-,34+/m1/s1. The molecule has 250 valence electrons. The van der Waals surface area contributed by atoms with Crippen molar-refractivity contribution in [2.45, 2.75) is 84.4 Å². The van der Waals surface area contributed by atoms with Crippen LogP contribution in [0.3, 0.4) is 0 Å². The van der Waals surface area contributed by atoms with E-state index in [0.29, 0.717) is 18.7 Å². The topological polar surface area (TPSA) is 133 Å². The second kappa shape index (κ2) is 13.2. The van der Waals surface area contributed by atoms with Crippen LogP contribution in [0.15, 0.2) is 72.4 Å². The molecule has 1 aliphatic heterocycles. The van der Waals surface area contributed by atoms with E-state index in [0.717, 1.165) is 44.4 Å². The maximum absolute atomic E-state index is 14.2. The lowest BCUT2D eigenvalue weighted by Gasteiger charge is -2.35. The monoisotopic (exact) mass is 667 g/mol. The number of nitrogens with zero attached hydrogens (tertiary/aromatic N) is 7. The van der Waals surface area contributed by atoms with E-state index in [1.165, 1.54) is 16.8 Å². The van der Waals surface area contributed by atoms with Crippen LogP contribution >= 0.6 is 0 Å². The lowest BCUT2D eigenvalue weighted by Crippen LogP contribution is -2.37. The normalized spacial score (nSPS) is 17.0. The van der Waals surface area contributed by atoms with Crippen molar-refractivity contribution in [3.05, 3.63) is 101 Å². The van der Waals surface area contributed by atoms with Gasteiger partial charge in [-0.15, -0.1) is 5.10 Å². The first-order valence-corrected chi connectivity index (χ1v) is 17.7. The molecule has 4 heterocycles.